The molecule has 1 saturated heterocycles. The van der Waals surface area contributed by atoms with Gasteiger partial charge in [0.1, 0.15) is 5.82 Å². The van der Waals surface area contributed by atoms with Crippen molar-refractivity contribution < 1.29 is 18.0 Å². The number of anilines is 2. The van der Waals surface area contributed by atoms with Crippen molar-refractivity contribution in [2.75, 3.05) is 23.3 Å². The number of nitrogens with one attached hydrogen (secondary N) is 1. The zero-order valence-electron chi connectivity index (χ0n) is 15.3. The summed E-state index contributed by atoms with van der Waals surface area (Å²) in [5.74, 6) is 0.378. The molecular formula is C20H18ClF3N4O. The molecule has 152 valence electrons. The average molecular weight is 423 g/mol. The molecular weight excluding hydrogens is 405 g/mol. The predicted molar refractivity (Wildman–Crippen MR) is 105 cm³/mol. The summed E-state index contributed by atoms with van der Waals surface area (Å²) in [7, 11) is 0. The highest BCUT2D eigenvalue weighted by atomic mass is 35.5. The summed E-state index contributed by atoms with van der Waals surface area (Å²) in [5.41, 5.74) is -0.0955. The van der Waals surface area contributed by atoms with Crippen molar-refractivity contribution in [1.82, 2.24) is 4.98 Å². The van der Waals surface area contributed by atoms with E-state index in [1.165, 1.54) is 12.1 Å². The van der Waals surface area contributed by atoms with Crippen LogP contribution in [0.3, 0.4) is 0 Å². The number of piperidine rings is 1. The van der Waals surface area contributed by atoms with E-state index in [0.717, 1.165) is 11.6 Å². The van der Waals surface area contributed by atoms with Crippen LogP contribution >= 0.6 is 11.6 Å². The Hall–Kier alpha value is -2.79. The lowest BCUT2D eigenvalue weighted by molar-refractivity contribution is -0.136. The fourth-order valence-corrected chi connectivity index (χ4v) is 3.41. The maximum Gasteiger partial charge on any atom is 0.407 e. The Kier molecular flexibility index (Phi) is 6.28. The Labute approximate surface area is 171 Å². The highest BCUT2D eigenvalue weighted by Gasteiger charge is 2.34. The molecule has 1 aliphatic rings. The summed E-state index contributed by atoms with van der Waals surface area (Å²) in [6.45, 7) is 7.82. The summed E-state index contributed by atoms with van der Waals surface area (Å²) in [5, 5.41) is 2.77. The van der Waals surface area contributed by atoms with Crippen LogP contribution in [-0.4, -0.2) is 24.0 Å². The van der Waals surface area contributed by atoms with E-state index in [1.54, 1.807) is 23.2 Å². The van der Waals surface area contributed by atoms with E-state index in [4.69, 9.17) is 18.2 Å². The molecule has 1 aromatic carbocycles. The van der Waals surface area contributed by atoms with Crippen molar-refractivity contribution in [2.24, 2.45) is 5.92 Å². The molecule has 5 nitrogen and oxygen atoms in total. The number of halogens is 4. The summed E-state index contributed by atoms with van der Waals surface area (Å²) in [4.78, 5) is 21.4. The monoisotopic (exact) mass is 422 g/mol. The van der Waals surface area contributed by atoms with Crippen LogP contribution in [0.2, 0.25) is 0 Å². The van der Waals surface area contributed by atoms with Crippen molar-refractivity contribution in [3.05, 3.63) is 59.1 Å². The topological polar surface area (TPSA) is 49.6 Å². The van der Waals surface area contributed by atoms with Gasteiger partial charge in [0.05, 0.1) is 12.1 Å². The molecule has 0 unspecified atom stereocenters. The molecule has 0 saturated carbocycles. The molecule has 1 N–H and O–H groups in total. The van der Waals surface area contributed by atoms with Gasteiger partial charge in [0, 0.05) is 36.8 Å². The van der Waals surface area contributed by atoms with Crippen LogP contribution in [0, 0.1) is 12.5 Å². The van der Waals surface area contributed by atoms with E-state index in [2.05, 4.69) is 15.1 Å². The van der Waals surface area contributed by atoms with Crippen LogP contribution in [0.1, 0.15) is 24.0 Å². The number of benzene rings is 1. The van der Waals surface area contributed by atoms with Gasteiger partial charge in [-0.2, -0.15) is 13.2 Å². The molecule has 1 amide bonds. The zero-order valence-corrected chi connectivity index (χ0v) is 16.1. The number of aromatic nitrogens is 1. The fourth-order valence-electron chi connectivity index (χ4n) is 3.25. The number of hydrogen-bond acceptors (Lipinski definition) is 3. The lowest BCUT2D eigenvalue weighted by atomic mass is 9.95. The SMILES string of the molecule is [C-]#[N+]c1ccc(N2CCC(C(=O)Nc3ccc(CCl)cn3)CC2)cc1C(F)(F)F. The molecule has 0 bridgehead atoms. The van der Waals surface area contributed by atoms with Gasteiger partial charge in [-0.1, -0.05) is 12.1 Å². The Morgan fingerprint density at radius 1 is 1.28 bits per heavy atom. The Balaban J connectivity index is 1.63. The van der Waals surface area contributed by atoms with E-state index in [-0.39, 0.29) is 11.8 Å². The first-order chi connectivity index (χ1) is 13.8. The lowest BCUT2D eigenvalue weighted by Crippen LogP contribution is -2.38. The van der Waals surface area contributed by atoms with Gasteiger partial charge in [-0.05, 0) is 36.6 Å². The third kappa shape index (κ3) is 4.98. The van der Waals surface area contributed by atoms with Crippen molar-refractivity contribution in [2.45, 2.75) is 24.9 Å². The number of alkyl halides is 4. The second-order valence-electron chi connectivity index (χ2n) is 6.75. The molecule has 0 aliphatic carbocycles. The van der Waals surface area contributed by atoms with Crippen LogP contribution in [0.15, 0.2) is 36.5 Å². The number of hydrogen-bond donors (Lipinski definition) is 1. The Morgan fingerprint density at radius 2 is 2.00 bits per heavy atom. The average Bonchev–Trinajstić information content (AvgIpc) is 2.73. The molecule has 0 radical (unpaired) electrons. The standard InChI is InChI=1S/C20H18ClF3N4O/c1-25-17-4-3-15(10-16(17)20(22,23)24)28-8-6-14(7-9-28)19(29)27-18-5-2-13(11-21)12-26-18/h2-5,10,12,14H,6-9,11H2,(H,26,27,29). The minimum absolute atomic E-state index is 0.157. The molecule has 1 fully saturated rings. The van der Waals surface area contributed by atoms with E-state index < -0.39 is 17.4 Å². The third-order valence-corrected chi connectivity index (χ3v) is 5.18. The Morgan fingerprint density at radius 3 is 2.55 bits per heavy atom. The maximum atomic E-state index is 13.2. The minimum Gasteiger partial charge on any atom is -0.372 e. The molecule has 0 atom stereocenters. The summed E-state index contributed by atoms with van der Waals surface area (Å²) in [6, 6.07) is 7.19. The fraction of sp³-hybridized carbons (Fsp3) is 0.350. The van der Waals surface area contributed by atoms with Gasteiger partial charge in [0.25, 0.3) is 0 Å². The molecule has 1 aliphatic heterocycles. The highest BCUT2D eigenvalue weighted by molar-refractivity contribution is 6.17. The number of amides is 1. The molecule has 2 aromatic rings. The van der Waals surface area contributed by atoms with Crippen LogP contribution in [0.5, 0.6) is 0 Å². The van der Waals surface area contributed by atoms with Gasteiger partial charge in [-0.3, -0.25) is 4.79 Å². The van der Waals surface area contributed by atoms with Crippen LogP contribution in [0.4, 0.5) is 30.4 Å². The van der Waals surface area contributed by atoms with Crippen molar-refractivity contribution in [3.8, 4) is 0 Å². The maximum absolute atomic E-state index is 13.2. The molecule has 9 heteroatoms. The zero-order chi connectivity index (χ0) is 21.0. The molecule has 0 spiro atoms. The van der Waals surface area contributed by atoms with E-state index in [9.17, 15) is 18.0 Å². The first kappa shape index (κ1) is 20.9. The number of rotatable bonds is 4. The van der Waals surface area contributed by atoms with Crippen molar-refractivity contribution in [3.63, 3.8) is 0 Å². The van der Waals surface area contributed by atoms with Crippen molar-refractivity contribution >= 4 is 34.7 Å². The number of carbonyl (C=O) groups excluding carboxylic acids is 1. The quantitative estimate of drug-likeness (QED) is 0.541. The van der Waals surface area contributed by atoms with Crippen LogP contribution < -0.4 is 10.2 Å². The second kappa shape index (κ2) is 8.70. The molecule has 1 aromatic heterocycles. The van der Waals surface area contributed by atoms with Gasteiger partial charge < -0.3 is 10.2 Å². The van der Waals surface area contributed by atoms with Crippen LogP contribution in [-0.2, 0) is 16.9 Å². The van der Waals surface area contributed by atoms with Gasteiger partial charge in [-0.25, -0.2) is 9.83 Å². The first-order valence-corrected chi connectivity index (χ1v) is 9.50. The smallest absolute Gasteiger partial charge is 0.372 e. The number of pyridine rings is 1. The van der Waals surface area contributed by atoms with Gasteiger partial charge >= 0.3 is 6.18 Å². The largest absolute Gasteiger partial charge is 0.407 e. The lowest BCUT2D eigenvalue weighted by Gasteiger charge is -2.33. The van der Waals surface area contributed by atoms with Gasteiger partial charge in [-0.15, -0.1) is 11.6 Å². The van der Waals surface area contributed by atoms with Gasteiger partial charge in [0.2, 0.25) is 5.91 Å². The first-order valence-electron chi connectivity index (χ1n) is 8.97. The molecule has 29 heavy (non-hydrogen) atoms. The van der Waals surface area contributed by atoms with Gasteiger partial charge in [0.15, 0.2) is 5.69 Å². The number of nitrogens with zero attached hydrogens (tertiary/aromatic N) is 3. The number of carbonyl (C=O) groups is 1. The second-order valence-corrected chi connectivity index (χ2v) is 7.01. The molecule has 3 rings (SSSR count). The minimum atomic E-state index is -4.58. The van der Waals surface area contributed by atoms with E-state index in [0.29, 0.717) is 43.3 Å². The highest BCUT2D eigenvalue weighted by Crippen LogP contribution is 2.39. The third-order valence-electron chi connectivity index (χ3n) is 4.87. The summed E-state index contributed by atoms with van der Waals surface area (Å²) in [6.07, 6.45) is -1.97. The molecule has 2 heterocycles. The van der Waals surface area contributed by atoms with Crippen molar-refractivity contribution in [1.29, 1.82) is 0 Å². The normalized spacial score (nSPS) is 15.1. The van der Waals surface area contributed by atoms with E-state index in [1.807, 2.05) is 0 Å². The predicted octanol–water partition coefficient (Wildman–Crippen LogP) is 5.25. The summed E-state index contributed by atoms with van der Waals surface area (Å²) >= 11 is 5.71. The summed E-state index contributed by atoms with van der Waals surface area (Å²) < 4.78 is 39.5. The Bertz CT molecular complexity index is 917. The van der Waals surface area contributed by atoms with Crippen LogP contribution in [0.25, 0.3) is 4.85 Å². The van der Waals surface area contributed by atoms with E-state index >= 15 is 0 Å².